The number of fused-ring (bicyclic) bond motifs is 8. The van der Waals surface area contributed by atoms with Crippen LogP contribution >= 0.6 is 0 Å². The van der Waals surface area contributed by atoms with Crippen LogP contribution in [0.1, 0.15) is 235 Å². The Hall–Kier alpha value is -9.53. The van der Waals surface area contributed by atoms with Crippen LogP contribution in [0.25, 0.3) is 54.3 Å². The molecule has 4 aromatic heterocycles. The number of hydrogen-bond donors (Lipinski definition) is 0. The summed E-state index contributed by atoms with van der Waals surface area (Å²) in [7, 11) is 2.25. The fourth-order valence-corrected chi connectivity index (χ4v) is 16.7. The lowest BCUT2D eigenvalue weighted by molar-refractivity contribution is 0.905. The van der Waals surface area contributed by atoms with Gasteiger partial charge in [-0.25, -0.2) is 19.9 Å². The lowest BCUT2D eigenvalue weighted by Gasteiger charge is -2.37. The molecule has 0 atom stereocenters. The summed E-state index contributed by atoms with van der Waals surface area (Å²) < 4.78 is 0. The Kier molecular flexibility index (Phi) is 26.8. The lowest BCUT2D eigenvalue weighted by atomic mass is 9.81. The van der Waals surface area contributed by atoms with E-state index < -0.39 is 0 Å². The molecule has 9 aromatic carbocycles. The van der Waals surface area contributed by atoms with E-state index in [0.29, 0.717) is 0 Å². The van der Waals surface area contributed by atoms with Crippen LogP contribution in [0.3, 0.4) is 0 Å². The molecule has 0 aliphatic carbocycles. The summed E-state index contributed by atoms with van der Waals surface area (Å²) in [5.41, 5.74) is 60.6. The van der Waals surface area contributed by atoms with Gasteiger partial charge in [0.15, 0.2) is 0 Å². The summed E-state index contributed by atoms with van der Waals surface area (Å²) in [5, 5.41) is 17.6. The van der Waals surface area contributed by atoms with Gasteiger partial charge in [-0.3, -0.25) is 4.98 Å². The molecule has 8 nitrogen and oxygen atoms in total. The quantitative estimate of drug-likeness (QED) is 0.139. The van der Waals surface area contributed by atoms with E-state index in [1.54, 1.807) is 0 Å². The highest BCUT2D eigenvalue weighted by atomic mass is 15.1. The topological polar surface area (TPSA) is 93.5 Å². The van der Waals surface area contributed by atoms with Gasteiger partial charge in [-0.2, -0.15) is 10.2 Å². The largest absolute Gasteiger partial charge is 0.344 e. The molecule has 0 amide bonds. The van der Waals surface area contributed by atoms with Crippen molar-refractivity contribution in [2.45, 2.75) is 283 Å². The SMILES string of the molecule is Cc1c(C)c(C)c2c(c1C)Cc1c(C)c(C)c(C)c(C)c1N2C.Cc1cc(C)cc(C)c1.Cc1cc2c(C)c(C)c3cc(C)c(C)cc3c2cc1C.Cc1nc(C)c2c(C)c(C)c(C)c(C)c2c1C.Cc1nc(C)c2c(C)c(C)c(C)c(C)c2n1.Cc1nc2c(C)c(C)c(C)c(C)c2nc1C.Cc1nnc(C)c(C)c1C. The van der Waals surface area contributed by atoms with Crippen molar-refractivity contribution in [3.05, 3.63) is 277 Å². The maximum Gasteiger partial charge on any atom is 0.126 e. The average molecular weight is 1480 g/mol. The van der Waals surface area contributed by atoms with Crippen molar-refractivity contribution in [3.63, 3.8) is 0 Å². The van der Waals surface area contributed by atoms with Crippen LogP contribution in [0.4, 0.5) is 11.4 Å². The minimum absolute atomic E-state index is 0.857. The summed E-state index contributed by atoms with van der Waals surface area (Å²) in [4.78, 5) is 25.5. The Bertz CT molecular complexity index is 5640. The van der Waals surface area contributed by atoms with E-state index in [0.717, 1.165) is 68.7 Å². The normalized spacial score (nSPS) is 11.4. The Morgan fingerprint density at radius 3 is 0.874 bits per heavy atom. The molecule has 0 unspecified atom stereocenters. The summed E-state index contributed by atoms with van der Waals surface area (Å²) in [6.07, 6.45) is 1.07. The number of pyridine rings is 1. The zero-order valence-electron chi connectivity index (χ0n) is 76.3. The van der Waals surface area contributed by atoms with Crippen molar-refractivity contribution < 1.29 is 0 Å². The van der Waals surface area contributed by atoms with Gasteiger partial charge in [0, 0.05) is 52.7 Å². The van der Waals surface area contributed by atoms with Gasteiger partial charge in [0.1, 0.15) is 5.82 Å². The third-order valence-corrected chi connectivity index (χ3v) is 26.5. The average Bonchev–Trinajstić information content (AvgIpc) is 0.730. The summed E-state index contributed by atoms with van der Waals surface area (Å²) in [6.45, 7) is 86.6. The predicted octanol–water partition coefficient (Wildman–Crippen LogP) is 27.3. The van der Waals surface area contributed by atoms with Gasteiger partial charge in [-0.15, -0.1) is 0 Å². The second-order valence-electron chi connectivity index (χ2n) is 33.2. The van der Waals surface area contributed by atoms with E-state index in [4.69, 9.17) is 0 Å². The van der Waals surface area contributed by atoms with Crippen LogP contribution in [0.15, 0.2) is 42.5 Å². The Morgan fingerprint density at radius 1 is 0.207 bits per heavy atom. The van der Waals surface area contributed by atoms with Crippen LogP contribution in [0.5, 0.6) is 0 Å². The third kappa shape index (κ3) is 17.0. The molecule has 5 heterocycles. The van der Waals surface area contributed by atoms with E-state index >= 15 is 0 Å². The molecule has 13 aromatic rings. The molecule has 1 aliphatic heterocycles. The minimum atomic E-state index is 0.857. The van der Waals surface area contributed by atoms with Crippen molar-refractivity contribution in [1.29, 1.82) is 0 Å². The van der Waals surface area contributed by atoms with Gasteiger partial charge in [0.05, 0.1) is 39.3 Å². The van der Waals surface area contributed by atoms with Crippen LogP contribution in [0.2, 0.25) is 0 Å². The molecule has 1 aliphatic rings. The van der Waals surface area contributed by atoms with Gasteiger partial charge in [0.25, 0.3) is 0 Å². The molecule has 14 rings (SSSR count). The smallest absolute Gasteiger partial charge is 0.126 e. The van der Waals surface area contributed by atoms with Crippen molar-refractivity contribution >= 4 is 65.6 Å². The molecule has 111 heavy (non-hydrogen) atoms. The molecular formula is C103H132N8. The number of anilines is 2. The first-order chi connectivity index (χ1) is 51.6. The van der Waals surface area contributed by atoms with Gasteiger partial charge in [0.2, 0.25) is 0 Å². The molecule has 0 bridgehead atoms. The maximum atomic E-state index is 4.68. The van der Waals surface area contributed by atoms with Gasteiger partial charge >= 0.3 is 0 Å². The Balaban J connectivity index is 0.000000166. The maximum absolute atomic E-state index is 4.68. The number of nitrogens with zero attached hydrogens (tertiary/aromatic N) is 8. The van der Waals surface area contributed by atoms with E-state index in [9.17, 15) is 0 Å². The molecule has 0 saturated heterocycles. The highest BCUT2D eigenvalue weighted by Crippen LogP contribution is 2.48. The van der Waals surface area contributed by atoms with Crippen molar-refractivity contribution in [2.24, 2.45) is 0 Å². The Morgan fingerprint density at radius 2 is 0.505 bits per heavy atom. The molecule has 0 radical (unpaired) electrons. The van der Waals surface area contributed by atoms with Crippen molar-refractivity contribution in [1.82, 2.24) is 35.1 Å². The highest BCUT2D eigenvalue weighted by Gasteiger charge is 2.30. The first-order valence-corrected chi connectivity index (χ1v) is 40.0. The van der Waals surface area contributed by atoms with Gasteiger partial charge in [-0.05, 0) is 476 Å². The molecule has 8 heteroatoms. The molecule has 584 valence electrons. The van der Waals surface area contributed by atoms with Crippen LogP contribution in [-0.4, -0.2) is 42.2 Å². The first-order valence-electron chi connectivity index (χ1n) is 40.0. The van der Waals surface area contributed by atoms with Crippen LogP contribution < -0.4 is 4.90 Å². The van der Waals surface area contributed by atoms with E-state index in [1.165, 1.54) is 238 Å². The van der Waals surface area contributed by atoms with Crippen molar-refractivity contribution in [2.75, 3.05) is 11.9 Å². The summed E-state index contributed by atoms with van der Waals surface area (Å²) in [5.74, 6) is 0.857. The number of hydrogen-bond acceptors (Lipinski definition) is 8. The molecular weight excluding hydrogens is 1350 g/mol. The van der Waals surface area contributed by atoms with Crippen LogP contribution in [-0.2, 0) is 6.42 Å². The predicted molar refractivity (Wildman–Crippen MR) is 484 cm³/mol. The third-order valence-electron chi connectivity index (χ3n) is 26.5. The number of aromatic nitrogens is 7. The fraction of sp³-hybridized carbons (Fsp3) is 0.408. The van der Waals surface area contributed by atoms with Crippen molar-refractivity contribution in [3.8, 4) is 0 Å². The molecule has 0 N–H and O–H groups in total. The zero-order chi connectivity index (χ0) is 83.4. The molecule has 0 saturated carbocycles. The number of aryl methyl sites for hydroxylation is 24. The fourth-order valence-electron chi connectivity index (χ4n) is 16.7. The lowest BCUT2D eigenvalue weighted by Crippen LogP contribution is -2.24. The summed E-state index contributed by atoms with van der Waals surface area (Å²) in [6, 6.07) is 16.0. The van der Waals surface area contributed by atoms with E-state index in [-0.39, 0.29) is 0 Å². The number of benzene rings is 9. The molecule has 0 fully saturated rings. The second kappa shape index (κ2) is 34.2. The van der Waals surface area contributed by atoms with Crippen LogP contribution in [0, 0.1) is 277 Å². The first kappa shape index (κ1) is 87.1. The summed E-state index contributed by atoms with van der Waals surface area (Å²) >= 11 is 0. The number of rotatable bonds is 0. The van der Waals surface area contributed by atoms with E-state index in [1.807, 2.05) is 34.6 Å². The monoisotopic (exact) mass is 1480 g/mol. The Labute approximate surface area is 669 Å². The zero-order valence-corrected chi connectivity index (χ0v) is 76.3. The highest BCUT2D eigenvalue weighted by molar-refractivity contribution is 6.11. The van der Waals surface area contributed by atoms with E-state index in [2.05, 4.69) is 332 Å². The second-order valence-corrected chi connectivity index (χ2v) is 33.2. The van der Waals surface area contributed by atoms with Gasteiger partial charge in [-0.1, -0.05) is 59.2 Å². The molecule has 0 spiro atoms. The minimum Gasteiger partial charge on any atom is -0.344 e. The standard InChI is InChI=1S/C22H29N.C20H22.C16H21N.2C14H18N2.C9H12.C8H12N2/c1-11-13(3)17(7)21-19(15(11)5)10-20-16(6)12(2)14(4)18(8)22(20)23(21)9;1-11-7-17-15(5)16(6)18-8-12(2)14(4)10-20(18)19(17)9-13(11)3;1-8-9(2)11(4)16-14(7)17-13(6)12(5)15(16)10(8)3;1-7-8(2)10(4)14-13(9(7)3)11(5)15-12(6)16-14;1-7-8(2)10(4)14-13(9(7)3)15-11(5)12(6)16-14;1-7-4-8(2)6-9(3)5-7;1-5-6(2)8(4)10-9-7(5)3/h10H2,1-9H3;7-10H,1-6H3;1-7H3;2*1-6H3;4-6H,1-3H3;1-4H3. The van der Waals surface area contributed by atoms with Gasteiger partial charge < -0.3 is 4.90 Å².